The van der Waals surface area contributed by atoms with Crippen LogP contribution in [0.2, 0.25) is 0 Å². The molecule has 0 aliphatic carbocycles. The minimum absolute atomic E-state index is 0.655. The van der Waals surface area contributed by atoms with Gasteiger partial charge in [-0.3, -0.25) is 4.57 Å². The van der Waals surface area contributed by atoms with Gasteiger partial charge in [-0.2, -0.15) is 0 Å². The molecule has 0 saturated heterocycles. The van der Waals surface area contributed by atoms with Gasteiger partial charge in [-0.05, 0) is 26.0 Å². The van der Waals surface area contributed by atoms with E-state index in [4.69, 9.17) is 10.2 Å². The van der Waals surface area contributed by atoms with Gasteiger partial charge in [-0.15, -0.1) is 0 Å². The summed E-state index contributed by atoms with van der Waals surface area (Å²) >= 11 is 0. The number of hydrogen-bond donors (Lipinski definition) is 1. The first-order chi connectivity index (χ1) is 6.18. The zero-order valence-corrected chi connectivity index (χ0v) is 7.74. The van der Waals surface area contributed by atoms with Gasteiger partial charge in [0.25, 0.3) is 0 Å². The Morgan fingerprint density at radius 3 is 2.31 bits per heavy atom. The van der Waals surface area contributed by atoms with Gasteiger partial charge in [-0.1, -0.05) is 0 Å². The van der Waals surface area contributed by atoms with Crippen LogP contribution in [0.4, 0.5) is 5.69 Å². The molecule has 2 heterocycles. The monoisotopic (exact) mass is 176 g/mol. The molecule has 0 aliphatic heterocycles. The predicted octanol–water partition coefficient (Wildman–Crippen LogP) is 2.27. The van der Waals surface area contributed by atoms with E-state index in [0.29, 0.717) is 5.69 Å². The van der Waals surface area contributed by atoms with Crippen LogP contribution < -0.4 is 5.73 Å². The first kappa shape index (κ1) is 7.98. The standard InChI is InChI=1S/C10H12N2O/c1-7-3-4-8(2)12(7)10-5-9(11)6-13-10/h3-6H,11H2,1-2H3. The van der Waals surface area contributed by atoms with Gasteiger partial charge >= 0.3 is 0 Å². The quantitative estimate of drug-likeness (QED) is 0.724. The summed E-state index contributed by atoms with van der Waals surface area (Å²) in [6.45, 7) is 4.07. The van der Waals surface area contributed by atoms with Gasteiger partial charge in [0, 0.05) is 17.5 Å². The summed E-state index contributed by atoms with van der Waals surface area (Å²) in [5.74, 6) is 0.775. The van der Waals surface area contributed by atoms with E-state index in [1.807, 2.05) is 36.6 Å². The molecule has 13 heavy (non-hydrogen) atoms. The molecule has 68 valence electrons. The number of hydrogen-bond acceptors (Lipinski definition) is 2. The van der Waals surface area contributed by atoms with Crippen molar-refractivity contribution in [1.29, 1.82) is 0 Å². The molecule has 0 aromatic carbocycles. The highest BCUT2D eigenvalue weighted by Gasteiger charge is 2.06. The molecule has 0 bridgehead atoms. The lowest BCUT2D eigenvalue weighted by Gasteiger charge is -2.03. The van der Waals surface area contributed by atoms with E-state index >= 15 is 0 Å². The molecule has 2 rings (SSSR count). The molecule has 0 saturated carbocycles. The molecule has 0 amide bonds. The second-order valence-electron chi connectivity index (χ2n) is 3.17. The number of nitrogens with two attached hydrogens (primary N) is 1. The van der Waals surface area contributed by atoms with Crippen LogP contribution in [0, 0.1) is 13.8 Å². The van der Waals surface area contributed by atoms with Crippen LogP contribution in [0.15, 0.2) is 28.9 Å². The third-order valence-corrected chi connectivity index (χ3v) is 2.10. The lowest BCUT2D eigenvalue weighted by Crippen LogP contribution is -1.96. The third-order valence-electron chi connectivity index (χ3n) is 2.10. The number of nitrogen functional groups attached to an aromatic ring is 1. The molecule has 2 aromatic rings. The molecule has 3 heteroatoms. The first-order valence-corrected chi connectivity index (χ1v) is 4.18. The van der Waals surface area contributed by atoms with Gasteiger partial charge in [0.2, 0.25) is 5.88 Å². The van der Waals surface area contributed by atoms with Gasteiger partial charge < -0.3 is 10.2 Å². The van der Waals surface area contributed by atoms with Crippen molar-refractivity contribution < 1.29 is 4.42 Å². The van der Waals surface area contributed by atoms with Crippen molar-refractivity contribution in [1.82, 2.24) is 4.57 Å². The maximum absolute atomic E-state index is 5.58. The summed E-state index contributed by atoms with van der Waals surface area (Å²) in [6.07, 6.45) is 1.55. The molecular weight excluding hydrogens is 164 g/mol. The molecule has 0 unspecified atom stereocenters. The van der Waals surface area contributed by atoms with Crippen molar-refractivity contribution in [2.24, 2.45) is 0 Å². The summed E-state index contributed by atoms with van der Waals surface area (Å²) < 4.78 is 7.33. The fraction of sp³-hybridized carbons (Fsp3) is 0.200. The SMILES string of the molecule is Cc1ccc(C)n1-c1cc(N)co1. The number of aryl methyl sites for hydroxylation is 2. The van der Waals surface area contributed by atoms with Gasteiger partial charge in [-0.25, -0.2) is 0 Å². The number of rotatable bonds is 1. The fourth-order valence-electron chi connectivity index (χ4n) is 1.47. The highest BCUT2D eigenvalue weighted by atomic mass is 16.3. The molecule has 0 spiro atoms. The maximum Gasteiger partial charge on any atom is 0.205 e. The Balaban J connectivity index is 2.57. The number of nitrogens with zero attached hydrogens (tertiary/aromatic N) is 1. The number of aromatic nitrogens is 1. The van der Waals surface area contributed by atoms with Gasteiger partial charge in [0.15, 0.2) is 0 Å². The van der Waals surface area contributed by atoms with Crippen LogP contribution in [-0.2, 0) is 0 Å². The van der Waals surface area contributed by atoms with Crippen molar-refractivity contribution >= 4 is 5.69 Å². The first-order valence-electron chi connectivity index (χ1n) is 4.18. The van der Waals surface area contributed by atoms with Gasteiger partial charge in [0.05, 0.1) is 5.69 Å². The molecule has 0 aliphatic rings. The molecule has 0 atom stereocenters. The number of furan rings is 1. The summed E-state index contributed by atoms with van der Waals surface area (Å²) in [4.78, 5) is 0. The van der Waals surface area contributed by atoms with Crippen LogP contribution in [0.5, 0.6) is 0 Å². The topological polar surface area (TPSA) is 44.1 Å². The molecular formula is C10H12N2O. The van der Waals surface area contributed by atoms with E-state index in [1.54, 1.807) is 6.26 Å². The second kappa shape index (κ2) is 2.69. The zero-order valence-electron chi connectivity index (χ0n) is 7.74. The minimum atomic E-state index is 0.655. The normalized spacial score (nSPS) is 10.6. The highest BCUT2D eigenvalue weighted by Crippen LogP contribution is 2.19. The lowest BCUT2D eigenvalue weighted by atomic mass is 10.5. The fourth-order valence-corrected chi connectivity index (χ4v) is 1.47. The smallest absolute Gasteiger partial charge is 0.205 e. The van der Waals surface area contributed by atoms with E-state index in [2.05, 4.69) is 0 Å². The average molecular weight is 176 g/mol. The predicted molar refractivity (Wildman–Crippen MR) is 51.9 cm³/mol. The molecule has 2 N–H and O–H groups in total. The molecule has 3 nitrogen and oxygen atoms in total. The van der Waals surface area contributed by atoms with Crippen LogP contribution in [0.1, 0.15) is 11.4 Å². The van der Waals surface area contributed by atoms with Crippen molar-refractivity contribution in [2.75, 3.05) is 5.73 Å². The highest BCUT2D eigenvalue weighted by molar-refractivity contribution is 5.42. The Bertz CT molecular complexity index is 406. The Hall–Kier alpha value is -1.64. The van der Waals surface area contributed by atoms with Crippen LogP contribution in [-0.4, -0.2) is 4.57 Å². The largest absolute Gasteiger partial charge is 0.446 e. The Kier molecular flexibility index (Phi) is 1.65. The molecule has 0 fully saturated rings. The van der Waals surface area contributed by atoms with Gasteiger partial charge in [0.1, 0.15) is 6.26 Å². The third kappa shape index (κ3) is 1.22. The second-order valence-corrected chi connectivity index (χ2v) is 3.17. The lowest BCUT2D eigenvalue weighted by molar-refractivity contribution is 0.534. The molecule has 0 radical (unpaired) electrons. The van der Waals surface area contributed by atoms with Crippen molar-refractivity contribution in [2.45, 2.75) is 13.8 Å². The van der Waals surface area contributed by atoms with E-state index in [0.717, 1.165) is 17.3 Å². The molecule has 2 aromatic heterocycles. The summed E-state index contributed by atoms with van der Waals surface area (Å²) in [6, 6.07) is 5.92. The minimum Gasteiger partial charge on any atom is -0.446 e. The average Bonchev–Trinajstić information content (AvgIpc) is 2.60. The zero-order chi connectivity index (χ0) is 9.42. The number of anilines is 1. The van der Waals surface area contributed by atoms with E-state index in [-0.39, 0.29) is 0 Å². The Morgan fingerprint density at radius 2 is 1.85 bits per heavy atom. The van der Waals surface area contributed by atoms with Crippen molar-refractivity contribution in [3.05, 3.63) is 35.9 Å². The van der Waals surface area contributed by atoms with Crippen LogP contribution in [0.3, 0.4) is 0 Å². The maximum atomic E-state index is 5.58. The van der Waals surface area contributed by atoms with Crippen molar-refractivity contribution in [3.8, 4) is 5.88 Å². The van der Waals surface area contributed by atoms with E-state index in [1.165, 1.54) is 0 Å². The van der Waals surface area contributed by atoms with Crippen molar-refractivity contribution in [3.63, 3.8) is 0 Å². The van der Waals surface area contributed by atoms with E-state index in [9.17, 15) is 0 Å². The summed E-state index contributed by atoms with van der Waals surface area (Å²) in [5.41, 5.74) is 8.52. The van der Waals surface area contributed by atoms with E-state index < -0.39 is 0 Å². The Morgan fingerprint density at radius 1 is 1.23 bits per heavy atom. The Labute approximate surface area is 76.8 Å². The van der Waals surface area contributed by atoms with Crippen LogP contribution >= 0.6 is 0 Å². The van der Waals surface area contributed by atoms with Crippen LogP contribution in [0.25, 0.3) is 5.88 Å². The summed E-state index contributed by atoms with van der Waals surface area (Å²) in [5, 5.41) is 0. The summed E-state index contributed by atoms with van der Waals surface area (Å²) in [7, 11) is 0.